The molecule has 0 radical (unpaired) electrons. The molecule has 3 rings (SSSR count). The fourth-order valence-electron chi connectivity index (χ4n) is 3.15. The van der Waals surface area contributed by atoms with E-state index in [1.54, 1.807) is 31.2 Å². The number of imide groups is 1. The third-order valence-electron chi connectivity index (χ3n) is 4.65. The van der Waals surface area contributed by atoms with Crippen molar-refractivity contribution < 1.29 is 29.0 Å². The van der Waals surface area contributed by atoms with Gasteiger partial charge in [0.25, 0.3) is 11.8 Å². The summed E-state index contributed by atoms with van der Waals surface area (Å²) in [5.74, 6) is -1.75. The van der Waals surface area contributed by atoms with Crippen molar-refractivity contribution in [3.63, 3.8) is 0 Å². The van der Waals surface area contributed by atoms with Crippen molar-refractivity contribution in [3.05, 3.63) is 35.4 Å². The Hall–Kier alpha value is -2.94. The molecular weight excluding hydrogens is 342 g/mol. The minimum absolute atomic E-state index is 0.181. The number of carbonyl (C=O) groups excluding carboxylic acids is 3. The fourth-order valence-corrected chi connectivity index (χ4v) is 3.15. The first-order chi connectivity index (χ1) is 12.3. The zero-order valence-electron chi connectivity index (χ0n) is 14.2. The number of hydrogen-bond donors (Lipinski definition) is 3. The summed E-state index contributed by atoms with van der Waals surface area (Å²) in [6.07, 6.45) is -0.186. The number of amides is 4. The molecule has 2 fully saturated rings. The Morgan fingerprint density at radius 2 is 2.00 bits per heavy atom. The van der Waals surface area contributed by atoms with Gasteiger partial charge in [0.1, 0.15) is 5.54 Å². The lowest BCUT2D eigenvalue weighted by Crippen LogP contribution is -2.49. The number of carboxylic acids is 1. The van der Waals surface area contributed by atoms with Crippen LogP contribution < -0.4 is 10.6 Å². The molecule has 138 valence electrons. The molecule has 2 atom stereocenters. The zero-order valence-corrected chi connectivity index (χ0v) is 14.2. The van der Waals surface area contributed by atoms with Gasteiger partial charge in [0.2, 0.25) is 0 Å². The molecule has 2 heterocycles. The van der Waals surface area contributed by atoms with Crippen LogP contribution in [0, 0.1) is 0 Å². The molecule has 1 aromatic carbocycles. The Bertz CT molecular complexity index is 762. The normalized spacial score (nSPS) is 25.6. The number of urea groups is 1. The van der Waals surface area contributed by atoms with Crippen LogP contribution in [-0.4, -0.2) is 59.6 Å². The van der Waals surface area contributed by atoms with Gasteiger partial charge in [-0.15, -0.1) is 0 Å². The highest BCUT2D eigenvalue weighted by atomic mass is 16.5. The molecule has 2 saturated heterocycles. The van der Waals surface area contributed by atoms with Crippen LogP contribution in [0.1, 0.15) is 29.3 Å². The number of nitrogens with zero attached hydrogens (tertiary/aromatic N) is 1. The maximum atomic E-state index is 12.7. The van der Waals surface area contributed by atoms with Gasteiger partial charge in [0.15, 0.2) is 0 Å². The number of benzene rings is 1. The molecule has 0 saturated carbocycles. The number of hydrogen-bond acceptors (Lipinski definition) is 5. The second-order valence-electron chi connectivity index (χ2n) is 6.44. The van der Waals surface area contributed by atoms with Crippen LogP contribution in [0.5, 0.6) is 0 Å². The van der Waals surface area contributed by atoms with Gasteiger partial charge in [-0.05, 0) is 24.6 Å². The number of carboxylic acid groups (broad SMARTS) is 1. The fraction of sp³-hybridized carbons (Fsp3) is 0.412. The van der Waals surface area contributed by atoms with E-state index in [0.29, 0.717) is 24.3 Å². The Kier molecular flexibility index (Phi) is 4.64. The van der Waals surface area contributed by atoms with E-state index >= 15 is 0 Å². The molecule has 9 heteroatoms. The monoisotopic (exact) mass is 361 g/mol. The summed E-state index contributed by atoms with van der Waals surface area (Å²) < 4.78 is 5.28. The van der Waals surface area contributed by atoms with Gasteiger partial charge in [-0.25, -0.2) is 4.79 Å². The van der Waals surface area contributed by atoms with Crippen molar-refractivity contribution in [1.82, 2.24) is 15.5 Å². The number of carbonyl (C=O) groups is 4. The Balaban J connectivity index is 1.79. The van der Waals surface area contributed by atoms with E-state index in [0.717, 1.165) is 0 Å². The molecule has 4 amide bonds. The van der Waals surface area contributed by atoms with Crippen molar-refractivity contribution in [2.45, 2.75) is 24.9 Å². The SMILES string of the molecule is CC1(c2ccc(C(=O)N3CCOCC3CC(=O)O)cc2)NC(=O)NC1=O. The molecule has 1 aromatic rings. The lowest BCUT2D eigenvalue weighted by molar-refractivity contribution is -0.139. The second kappa shape index (κ2) is 6.75. The third kappa shape index (κ3) is 3.25. The topological polar surface area (TPSA) is 125 Å². The molecule has 9 nitrogen and oxygen atoms in total. The summed E-state index contributed by atoms with van der Waals surface area (Å²) in [6, 6.07) is 5.24. The highest BCUT2D eigenvalue weighted by Crippen LogP contribution is 2.25. The lowest BCUT2D eigenvalue weighted by Gasteiger charge is -2.35. The lowest BCUT2D eigenvalue weighted by atomic mass is 9.91. The van der Waals surface area contributed by atoms with Crippen LogP contribution in [0.4, 0.5) is 4.79 Å². The van der Waals surface area contributed by atoms with Crippen molar-refractivity contribution in [2.75, 3.05) is 19.8 Å². The predicted molar refractivity (Wildman–Crippen MR) is 88.4 cm³/mol. The van der Waals surface area contributed by atoms with E-state index in [1.807, 2.05) is 0 Å². The van der Waals surface area contributed by atoms with E-state index in [4.69, 9.17) is 9.84 Å². The number of ether oxygens (including phenoxy) is 1. The van der Waals surface area contributed by atoms with E-state index in [2.05, 4.69) is 10.6 Å². The number of rotatable bonds is 4. The molecule has 3 N–H and O–H groups in total. The van der Waals surface area contributed by atoms with E-state index in [-0.39, 0.29) is 18.9 Å². The average molecular weight is 361 g/mol. The smallest absolute Gasteiger partial charge is 0.322 e. The quantitative estimate of drug-likeness (QED) is 0.651. The first kappa shape index (κ1) is 17.9. The van der Waals surface area contributed by atoms with Crippen molar-refractivity contribution >= 4 is 23.8 Å². The van der Waals surface area contributed by atoms with Crippen LogP contribution in [0.2, 0.25) is 0 Å². The van der Waals surface area contributed by atoms with Gasteiger partial charge < -0.3 is 20.1 Å². The van der Waals surface area contributed by atoms with Crippen LogP contribution in [0.25, 0.3) is 0 Å². The van der Waals surface area contributed by atoms with Crippen molar-refractivity contribution in [2.24, 2.45) is 0 Å². The average Bonchev–Trinajstić information content (AvgIpc) is 2.87. The first-order valence-electron chi connectivity index (χ1n) is 8.16. The Labute approximate surface area is 149 Å². The molecule has 2 aliphatic heterocycles. The maximum absolute atomic E-state index is 12.7. The number of nitrogens with one attached hydrogen (secondary N) is 2. The largest absolute Gasteiger partial charge is 0.481 e. The van der Waals surface area contributed by atoms with Crippen LogP contribution in [0.15, 0.2) is 24.3 Å². The summed E-state index contributed by atoms with van der Waals surface area (Å²) in [7, 11) is 0. The Morgan fingerprint density at radius 3 is 2.58 bits per heavy atom. The van der Waals surface area contributed by atoms with Crippen LogP contribution in [0.3, 0.4) is 0 Å². The van der Waals surface area contributed by atoms with Gasteiger partial charge in [-0.2, -0.15) is 0 Å². The van der Waals surface area contributed by atoms with Crippen molar-refractivity contribution in [3.8, 4) is 0 Å². The standard InChI is InChI=1S/C17H19N3O6/c1-17(15(24)18-16(25)19-17)11-4-2-10(3-5-11)14(23)20-6-7-26-9-12(20)8-13(21)22/h2-5,12H,6-9H2,1H3,(H,21,22)(H2,18,19,24,25). The van der Waals surface area contributed by atoms with Gasteiger partial charge in [-0.1, -0.05) is 12.1 Å². The van der Waals surface area contributed by atoms with Crippen LogP contribution in [-0.2, 0) is 19.9 Å². The number of morpholine rings is 1. The molecular formula is C17H19N3O6. The van der Waals surface area contributed by atoms with Gasteiger partial charge in [0, 0.05) is 12.1 Å². The molecule has 0 spiro atoms. The van der Waals surface area contributed by atoms with Crippen molar-refractivity contribution in [1.29, 1.82) is 0 Å². The summed E-state index contributed by atoms with van der Waals surface area (Å²) in [6.45, 7) is 2.42. The summed E-state index contributed by atoms with van der Waals surface area (Å²) in [5, 5.41) is 13.7. The third-order valence-corrected chi connectivity index (χ3v) is 4.65. The van der Waals surface area contributed by atoms with Gasteiger partial charge in [0.05, 0.1) is 25.7 Å². The maximum Gasteiger partial charge on any atom is 0.322 e. The molecule has 0 aromatic heterocycles. The molecule has 2 aliphatic rings. The van der Waals surface area contributed by atoms with Crippen LogP contribution >= 0.6 is 0 Å². The zero-order chi connectivity index (χ0) is 18.9. The van der Waals surface area contributed by atoms with E-state index in [9.17, 15) is 19.2 Å². The molecule has 0 aliphatic carbocycles. The minimum Gasteiger partial charge on any atom is -0.481 e. The highest BCUT2D eigenvalue weighted by molar-refractivity contribution is 6.07. The predicted octanol–water partition coefficient (Wildman–Crippen LogP) is 0.0569. The van der Waals surface area contributed by atoms with E-state index < -0.39 is 29.5 Å². The van der Waals surface area contributed by atoms with Gasteiger partial charge in [-0.3, -0.25) is 19.7 Å². The summed E-state index contributed by atoms with van der Waals surface area (Å²) >= 11 is 0. The molecule has 2 unspecified atom stereocenters. The minimum atomic E-state index is -1.19. The molecule has 26 heavy (non-hydrogen) atoms. The van der Waals surface area contributed by atoms with E-state index in [1.165, 1.54) is 4.90 Å². The second-order valence-corrected chi connectivity index (χ2v) is 6.44. The number of aliphatic carboxylic acids is 1. The van der Waals surface area contributed by atoms with Gasteiger partial charge >= 0.3 is 12.0 Å². The molecule has 0 bridgehead atoms. The highest BCUT2D eigenvalue weighted by Gasteiger charge is 2.43. The summed E-state index contributed by atoms with van der Waals surface area (Å²) in [5.41, 5.74) is -0.274. The first-order valence-corrected chi connectivity index (χ1v) is 8.16. The summed E-state index contributed by atoms with van der Waals surface area (Å²) in [4.78, 5) is 48.6. The Morgan fingerprint density at radius 1 is 1.31 bits per heavy atom.